The van der Waals surface area contributed by atoms with E-state index in [1.165, 1.54) is 24.3 Å². The zero-order valence-electron chi connectivity index (χ0n) is 16.1. The maximum atomic E-state index is 12.4. The molecule has 0 aromatic heterocycles. The highest BCUT2D eigenvalue weighted by Gasteiger charge is 2.17. The van der Waals surface area contributed by atoms with E-state index in [0.29, 0.717) is 6.42 Å². The van der Waals surface area contributed by atoms with Crippen LogP contribution in [0.5, 0.6) is 0 Å². The zero-order chi connectivity index (χ0) is 21.3. The van der Waals surface area contributed by atoms with Gasteiger partial charge in [0.05, 0.1) is 16.5 Å². The normalized spacial score (nSPS) is 11.3. The van der Waals surface area contributed by atoms with Gasteiger partial charge in [-0.25, -0.2) is 4.79 Å². The van der Waals surface area contributed by atoms with E-state index in [1.807, 2.05) is 60.7 Å². The van der Waals surface area contributed by atoms with E-state index in [-0.39, 0.29) is 17.3 Å². The first-order chi connectivity index (χ1) is 14.5. The Hall–Kier alpha value is -4.00. The molecule has 152 valence electrons. The molecule has 3 aromatic rings. The predicted molar refractivity (Wildman–Crippen MR) is 111 cm³/mol. The molecule has 3 rings (SSSR count). The van der Waals surface area contributed by atoms with Crippen LogP contribution in [-0.2, 0) is 16.0 Å². The van der Waals surface area contributed by atoms with Crippen molar-refractivity contribution in [3.8, 4) is 0 Å². The van der Waals surface area contributed by atoms with Gasteiger partial charge in [-0.1, -0.05) is 60.7 Å². The van der Waals surface area contributed by atoms with Crippen molar-refractivity contribution < 1.29 is 19.2 Å². The second kappa shape index (κ2) is 9.97. The number of hydrogen-bond donors (Lipinski definition) is 1. The number of nitrogens with one attached hydrogen (secondary N) is 1. The Bertz CT molecular complexity index is 1000. The Kier molecular flexibility index (Phi) is 6.89. The maximum Gasteiger partial charge on any atom is 0.338 e. The molecular formula is C23H20N2O5. The van der Waals surface area contributed by atoms with Crippen LogP contribution in [0.1, 0.15) is 27.5 Å². The second-order valence-electron chi connectivity index (χ2n) is 6.60. The molecule has 0 heterocycles. The summed E-state index contributed by atoms with van der Waals surface area (Å²) >= 11 is 0. The van der Waals surface area contributed by atoms with Crippen molar-refractivity contribution in [3.05, 3.63) is 112 Å². The van der Waals surface area contributed by atoms with Crippen LogP contribution in [-0.4, -0.2) is 23.4 Å². The van der Waals surface area contributed by atoms with Gasteiger partial charge in [0.2, 0.25) is 0 Å². The zero-order valence-corrected chi connectivity index (χ0v) is 16.1. The first-order valence-electron chi connectivity index (χ1n) is 9.33. The molecule has 7 heteroatoms. The fraction of sp³-hybridized carbons (Fsp3) is 0.130. The minimum Gasteiger partial charge on any atom is -0.452 e. The minimum atomic E-state index is -0.723. The summed E-state index contributed by atoms with van der Waals surface area (Å²) < 4.78 is 5.06. The van der Waals surface area contributed by atoms with Gasteiger partial charge in [-0.3, -0.25) is 14.9 Å². The third-order valence-electron chi connectivity index (χ3n) is 4.47. The molecule has 0 aliphatic rings. The number of carbonyl (C=O) groups is 2. The molecule has 30 heavy (non-hydrogen) atoms. The summed E-state index contributed by atoms with van der Waals surface area (Å²) in [6.07, 6.45) is 0.590. The van der Waals surface area contributed by atoms with Crippen LogP contribution in [0.2, 0.25) is 0 Å². The van der Waals surface area contributed by atoms with E-state index in [0.717, 1.165) is 11.1 Å². The molecule has 1 N–H and O–H groups in total. The first kappa shape index (κ1) is 20.7. The van der Waals surface area contributed by atoms with Gasteiger partial charge in [-0.15, -0.1) is 0 Å². The van der Waals surface area contributed by atoms with Crippen molar-refractivity contribution in [1.29, 1.82) is 0 Å². The molecule has 1 atom stereocenters. The van der Waals surface area contributed by atoms with Crippen LogP contribution in [0.25, 0.3) is 0 Å². The molecule has 0 spiro atoms. The van der Waals surface area contributed by atoms with Gasteiger partial charge in [0.25, 0.3) is 11.6 Å². The third-order valence-corrected chi connectivity index (χ3v) is 4.47. The fourth-order valence-corrected chi connectivity index (χ4v) is 2.96. The number of non-ortho nitro benzene ring substituents is 1. The number of rotatable bonds is 8. The number of amides is 1. The molecule has 0 saturated heterocycles. The average Bonchev–Trinajstić information content (AvgIpc) is 2.78. The Balaban J connectivity index is 1.61. The van der Waals surface area contributed by atoms with Crippen LogP contribution in [0.4, 0.5) is 5.69 Å². The molecule has 0 aliphatic heterocycles. The van der Waals surface area contributed by atoms with Crippen molar-refractivity contribution >= 4 is 17.6 Å². The number of nitro benzene ring substituents is 1. The molecule has 3 aromatic carbocycles. The van der Waals surface area contributed by atoms with E-state index in [2.05, 4.69) is 5.32 Å². The molecule has 0 bridgehead atoms. The highest BCUT2D eigenvalue weighted by atomic mass is 16.6. The lowest BCUT2D eigenvalue weighted by atomic mass is 9.99. The standard InChI is InChI=1S/C23H20N2O5/c26-22(16-30-23(27)19-11-13-20(14-12-19)25(28)29)24-21(18-9-5-2-6-10-18)15-17-7-3-1-4-8-17/h1-14,21H,15-16H2,(H,24,26)/t21-/m1/s1. The largest absolute Gasteiger partial charge is 0.452 e. The van der Waals surface area contributed by atoms with Gasteiger partial charge >= 0.3 is 5.97 Å². The van der Waals surface area contributed by atoms with Gasteiger partial charge in [-0.05, 0) is 29.7 Å². The summed E-state index contributed by atoms with van der Waals surface area (Å²) in [6.45, 7) is -0.450. The SMILES string of the molecule is O=C(COC(=O)c1ccc([N+](=O)[O-])cc1)N[C@H](Cc1ccccc1)c1ccccc1. The summed E-state index contributed by atoms with van der Waals surface area (Å²) in [6, 6.07) is 24.0. The Morgan fingerprint density at radius 3 is 2.10 bits per heavy atom. The maximum absolute atomic E-state index is 12.4. The Morgan fingerprint density at radius 2 is 1.50 bits per heavy atom. The smallest absolute Gasteiger partial charge is 0.338 e. The predicted octanol–water partition coefficient (Wildman–Crippen LogP) is 3.85. The number of esters is 1. The molecule has 1 amide bonds. The Labute approximate surface area is 173 Å². The van der Waals surface area contributed by atoms with E-state index in [4.69, 9.17) is 4.74 Å². The average molecular weight is 404 g/mol. The molecular weight excluding hydrogens is 384 g/mol. The Morgan fingerprint density at radius 1 is 0.900 bits per heavy atom. The van der Waals surface area contributed by atoms with Crippen molar-refractivity contribution in [1.82, 2.24) is 5.32 Å². The molecule has 0 aliphatic carbocycles. The van der Waals surface area contributed by atoms with Gasteiger partial charge in [0.15, 0.2) is 6.61 Å². The second-order valence-corrected chi connectivity index (χ2v) is 6.60. The minimum absolute atomic E-state index is 0.129. The molecule has 0 radical (unpaired) electrons. The summed E-state index contributed by atoms with van der Waals surface area (Å²) in [5, 5.41) is 13.6. The number of carbonyl (C=O) groups excluding carboxylic acids is 2. The lowest BCUT2D eigenvalue weighted by Gasteiger charge is -2.19. The van der Waals surface area contributed by atoms with E-state index < -0.39 is 23.4 Å². The lowest BCUT2D eigenvalue weighted by molar-refractivity contribution is -0.384. The summed E-state index contributed by atoms with van der Waals surface area (Å²) in [4.78, 5) is 34.7. The van der Waals surface area contributed by atoms with E-state index in [9.17, 15) is 19.7 Å². The van der Waals surface area contributed by atoms with Crippen LogP contribution < -0.4 is 5.32 Å². The van der Waals surface area contributed by atoms with Gasteiger partial charge in [-0.2, -0.15) is 0 Å². The van der Waals surface area contributed by atoms with E-state index >= 15 is 0 Å². The van der Waals surface area contributed by atoms with E-state index in [1.54, 1.807) is 0 Å². The fourth-order valence-electron chi connectivity index (χ4n) is 2.96. The molecule has 0 saturated carbocycles. The van der Waals surface area contributed by atoms with Crippen molar-refractivity contribution in [3.63, 3.8) is 0 Å². The monoisotopic (exact) mass is 404 g/mol. The third kappa shape index (κ3) is 5.75. The van der Waals surface area contributed by atoms with Crippen LogP contribution in [0.15, 0.2) is 84.9 Å². The highest BCUT2D eigenvalue weighted by molar-refractivity contribution is 5.91. The molecule has 0 unspecified atom stereocenters. The van der Waals surface area contributed by atoms with Crippen LogP contribution in [0.3, 0.4) is 0 Å². The van der Waals surface area contributed by atoms with Crippen molar-refractivity contribution in [2.45, 2.75) is 12.5 Å². The van der Waals surface area contributed by atoms with Gasteiger partial charge < -0.3 is 10.1 Å². The summed E-state index contributed by atoms with van der Waals surface area (Å²) in [7, 11) is 0. The van der Waals surface area contributed by atoms with Crippen molar-refractivity contribution in [2.24, 2.45) is 0 Å². The number of benzene rings is 3. The first-order valence-corrected chi connectivity index (χ1v) is 9.33. The van der Waals surface area contributed by atoms with Gasteiger partial charge in [0.1, 0.15) is 0 Å². The number of nitro groups is 1. The number of ether oxygens (including phenoxy) is 1. The van der Waals surface area contributed by atoms with Crippen molar-refractivity contribution in [2.75, 3.05) is 6.61 Å². The van der Waals surface area contributed by atoms with Gasteiger partial charge in [0, 0.05) is 12.1 Å². The summed E-state index contributed by atoms with van der Waals surface area (Å²) in [5.41, 5.74) is 2.01. The quantitative estimate of drug-likeness (QED) is 0.349. The summed E-state index contributed by atoms with van der Waals surface area (Å²) in [5.74, 6) is -1.16. The molecule has 7 nitrogen and oxygen atoms in total. The van der Waals surface area contributed by atoms with Crippen LogP contribution in [0, 0.1) is 10.1 Å². The highest BCUT2D eigenvalue weighted by Crippen LogP contribution is 2.18. The van der Waals surface area contributed by atoms with Crippen LogP contribution >= 0.6 is 0 Å². The number of hydrogen-bond acceptors (Lipinski definition) is 5. The number of nitrogens with zero attached hydrogens (tertiary/aromatic N) is 1. The molecule has 0 fully saturated rings. The topological polar surface area (TPSA) is 98.5 Å². The lowest BCUT2D eigenvalue weighted by Crippen LogP contribution is -2.33.